The van der Waals surface area contributed by atoms with E-state index in [1.807, 2.05) is 0 Å². The van der Waals surface area contributed by atoms with Crippen molar-refractivity contribution in [2.24, 2.45) is 0 Å². The lowest BCUT2D eigenvalue weighted by molar-refractivity contribution is 1.60. The second-order valence-corrected chi connectivity index (χ2v) is 16.6. The monoisotopic (exact) mass is 784 g/mol. The molecule has 0 nitrogen and oxygen atoms in total. The van der Waals surface area contributed by atoms with Crippen LogP contribution in [0.1, 0.15) is 0 Å². The summed E-state index contributed by atoms with van der Waals surface area (Å²) >= 11 is 0. The third kappa shape index (κ3) is 6.51. The first-order valence-electron chi connectivity index (χ1n) is 21.5. The lowest BCUT2D eigenvalue weighted by Crippen LogP contribution is -1.90. The molecule has 0 atom stereocenters. The number of rotatable bonds is 6. The van der Waals surface area contributed by atoms with Gasteiger partial charge in [-0.15, -0.1) is 0 Å². The molecule has 0 aliphatic carbocycles. The van der Waals surface area contributed by atoms with Crippen LogP contribution in [0.15, 0.2) is 243 Å². The molecule has 12 rings (SSSR count). The fourth-order valence-corrected chi connectivity index (χ4v) is 9.51. The van der Waals surface area contributed by atoms with Crippen molar-refractivity contribution >= 4 is 53.9 Å². The molecule has 288 valence electrons. The molecule has 62 heavy (non-hydrogen) atoms. The zero-order valence-electron chi connectivity index (χ0n) is 34.1. The third-order valence-corrected chi connectivity index (χ3v) is 12.7. The van der Waals surface area contributed by atoms with E-state index in [0.717, 1.165) is 0 Å². The maximum atomic E-state index is 2.41. The highest BCUT2D eigenvalue weighted by molar-refractivity contribution is 6.14. The minimum atomic E-state index is 1.20. The predicted octanol–water partition coefficient (Wildman–Crippen LogP) is 17.5. The van der Waals surface area contributed by atoms with Crippen molar-refractivity contribution in [2.45, 2.75) is 0 Å². The number of fused-ring (bicyclic) bond motifs is 5. The highest BCUT2D eigenvalue weighted by Crippen LogP contribution is 2.42. The van der Waals surface area contributed by atoms with Gasteiger partial charge in [0.25, 0.3) is 0 Å². The minimum absolute atomic E-state index is 1.20. The van der Waals surface area contributed by atoms with Crippen molar-refractivity contribution < 1.29 is 0 Å². The zero-order valence-corrected chi connectivity index (χ0v) is 34.1. The van der Waals surface area contributed by atoms with Crippen LogP contribution in [0.4, 0.5) is 0 Å². The first kappa shape index (κ1) is 35.8. The van der Waals surface area contributed by atoms with Gasteiger partial charge in [0.2, 0.25) is 0 Å². The summed E-state index contributed by atoms with van der Waals surface area (Å²) in [6.45, 7) is 0. The van der Waals surface area contributed by atoms with E-state index in [1.54, 1.807) is 0 Å². The highest BCUT2D eigenvalue weighted by atomic mass is 14.2. The van der Waals surface area contributed by atoms with Crippen molar-refractivity contribution in [1.29, 1.82) is 0 Å². The molecule has 0 spiro atoms. The fourth-order valence-electron chi connectivity index (χ4n) is 9.51. The van der Waals surface area contributed by atoms with E-state index in [2.05, 4.69) is 243 Å². The standard InChI is InChI=1S/C62H40/c1-4-13-44-32-52(25-22-41(44)10-1)47-16-7-18-49(35-47)55-30-31-60-59(38-55)39-57-29-28-56(50-19-8-17-48(36-50)53-26-23-42-11-2-5-14-45(42)33-53)40-61(57)62(60)58-21-9-20-51(37-58)54-27-24-43-12-3-6-15-46(43)34-54/h1-40H. The van der Waals surface area contributed by atoms with Crippen LogP contribution in [0.3, 0.4) is 0 Å². The average molecular weight is 785 g/mol. The SMILES string of the molecule is c1cc(-c2ccc3ccccc3c2)cc(-c2ccc3c(-c4cccc(-c5ccc6ccccc6c5)c4)c4cc(-c5cccc(-c6ccc7ccccc7c6)c5)ccc4cc3c2)c1. The molecule has 0 saturated heterocycles. The van der Waals surface area contributed by atoms with Gasteiger partial charge < -0.3 is 0 Å². The molecule has 0 heteroatoms. The van der Waals surface area contributed by atoms with Crippen LogP contribution in [0.5, 0.6) is 0 Å². The molecule has 0 unspecified atom stereocenters. The molecule has 0 aromatic heterocycles. The summed E-state index contributed by atoms with van der Waals surface area (Å²) in [7, 11) is 0. The van der Waals surface area contributed by atoms with Crippen LogP contribution in [-0.4, -0.2) is 0 Å². The summed E-state index contributed by atoms with van der Waals surface area (Å²) < 4.78 is 0. The maximum absolute atomic E-state index is 2.41. The Labute approximate surface area is 361 Å². The van der Waals surface area contributed by atoms with Gasteiger partial charge >= 0.3 is 0 Å². The van der Waals surface area contributed by atoms with Crippen LogP contribution < -0.4 is 0 Å². The smallest absolute Gasteiger partial charge is 0.00264 e. The van der Waals surface area contributed by atoms with Gasteiger partial charge in [0.1, 0.15) is 0 Å². The molecule has 0 aliphatic rings. The molecule has 12 aromatic rings. The Morgan fingerprint density at radius 2 is 0.468 bits per heavy atom. The van der Waals surface area contributed by atoms with E-state index in [9.17, 15) is 0 Å². The Morgan fingerprint density at radius 1 is 0.145 bits per heavy atom. The van der Waals surface area contributed by atoms with E-state index in [4.69, 9.17) is 0 Å². The summed E-state index contributed by atoms with van der Waals surface area (Å²) in [6, 6.07) is 89.6. The van der Waals surface area contributed by atoms with Crippen LogP contribution in [0, 0.1) is 0 Å². The highest BCUT2D eigenvalue weighted by Gasteiger charge is 2.15. The fraction of sp³-hybridized carbons (Fsp3) is 0. The first-order valence-corrected chi connectivity index (χ1v) is 21.5. The third-order valence-electron chi connectivity index (χ3n) is 12.7. The van der Waals surface area contributed by atoms with E-state index >= 15 is 0 Å². The van der Waals surface area contributed by atoms with Crippen LogP contribution in [-0.2, 0) is 0 Å². The van der Waals surface area contributed by atoms with Crippen molar-refractivity contribution in [3.63, 3.8) is 0 Å². The molecule has 0 heterocycles. The molecule has 0 fully saturated rings. The summed E-state index contributed by atoms with van der Waals surface area (Å²) in [5.74, 6) is 0. The lowest BCUT2D eigenvalue weighted by Gasteiger charge is -2.16. The molecule has 0 saturated carbocycles. The summed E-state index contributed by atoms with van der Waals surface area (Å²) in [5, 5.41) is 12.5. The van der Waals surface area contributed by atoms with Crippen LogP contribution in [0.2, 0.25) is 0 Å². The Hall–Kier alpha value is -8.06. The van der Waals surface area contributed by atoms with E-state index in [1.165, 1.54) is 121 Å². The van der Waals surface area contributed by atoms with Crippen molar-refractivity contribution in [2.75, 3.05) is 0 Å². The number of benzene rings is 12. The molecule has 0 amide bonds. The van der Waals surface area contributed by atoms with Gasteiger partial charge in [-0.05, 0) is 175 Å². The molecular weight excluding hydrogens is 745 g/mol. The Bertz CT molecular complexity index is 3700. The van der Waals surface area contributed by atoms with E-state index < -0.39 is 0 Å². The summed E-state index contributed by atoms with van der Waals surface area (Å²) in [4.78, 5) is 0. The molecule has 0 bridgehead atoms. The normalized spacial score (nSPS) is 11.5. The van der Waals surface area contributed by atoms with Gasteiger partial charge in [0.05, 0.1) is 0 Å². The second kappa shape index (κ2) is 14.9. The predicted molar refractivity (Wildman–Crippen MR) is 267 cm³/mol. The topological polar surface area (TPSA) is 0 Å². The van der Waals surface area contributed by atoms with Gasteiger partial charge in [-0.1, -0.05) is 188 Å². The summed E-state index contributed by atoms with van der Waals surface area (Å²) in [6.07, 6.45) is 0. The van der Waals surface area contributed by atoms with Crippen LogP contribution in [0.25, 0.3) is 121 Å². The molecular formula is C62H40. The Kier molecular flexibility index (Phi) is 8.61. The summed E-state index contributed by atoms with van der Waals surface area (Å²) in [5.41, 5.74) is 14.6. The van der Waals surface area contributed by atoms with E-state index in [-0.39, 0.29) is 0 Å². The van der Waals surface area contributed by atoms with Crippen molar-refractivity contribution in [3.8, 4) is 66.8 Å². The largest absolute Gasteiger partial charge is 0.0616 e. The Morgan fingerprint density at radius 3 is 0.919 bits per heavy atom. The molecule has 12 aromatic carbocycles. The maximum Gasteiger partial charge on any atom is -0.00264 e. The number of hydrogen-bond donors (Lipinski definition) is 0. The van der Waals surface area contributed by atoms with Crippen molar-refractivity contribution in [3.05, 3.63) is 243 Å². The minimum Gasteiger partial charge on any atom is -0.0616 e. The zero-order chi connectivity index (χ0) is 41.0. The van der Waals surface area contributed by atoms with Crippen molar-refractivity contribution in [1.82, 2.24) is 0 Å². The first-order chi connectivity index (χ1) is 30.7. The average Bonchev–Trinajstić information content (AvgIpc) is 3.35. The Balaban J connectivity index is 1.01. The molecule has 0 aliphatic heterocycles. The number of hydrogen-bond acceptors (Lipinski definition) is 0. The quantitative estimate of drug-likeness (QED) is 0.147. The van der Waals surface area contributed by atoms with Gasteiger partial charge in [0, 0.05) is 0 Å². The lowest BCUT2D eigenvalue weighted by atomic mass is 9.87. The van der Waals surface area contributed by atoms with Crippen LogP contribution >= 0.6 is 0 Å². The van der Waals surface area contributed by atoms with Gasteiger partial charge in [-0.25, -0.2) is 0 Å². The molecule has 0 radical (unpaired) electrons. The second-order valence-electron chi connectivity index (χ2n) is 16.6. The van der Waals surface area contributed by atoms with Gasteiger partial charge in [-0.2, -0.15) is 0 Å². The van der Waals surface area contributed by atoms with E-state index in [0.29, 0.717) is 0 Å². The molecule has 0 N–H and O–H groups in total. The van der Waals surface area contributed by atoms with Gasteiger partial charge in [-0.3, -0.25) is 0 Å². The van der Waals surface area contributed by atoms with Gasteiger partial charge in [0.15, 0.2) is 0 Å².